The summed E-state index contributed by atoms with van der Waals surface area (Å²) in [7, 11) is 3.40. The largest absolute Gasteiger partial charge is 0.497 e. The van der Waals surface area contributed by atoms with Gasteiger partial charge in [-0.25, -0.2) is 0 Å². The van der Waals surface area contributed by atoms with Crippen LogP contribution in [0.1, 0.15) is 24.1 Å². The molecule has 0 saturated carbocycles. The number of para-hydroxylation sites is 1. The summed E-state index contributed by atoms with van der Waals surface area (Å²) in [5.74, 6) is 1.84. The fourth-order valence-corrected chi connectivity index (χ4v) is 2.34. The number of methoxy groups -OCH3 is 2. The van der Waals surface area contributed by atoms with E-state index in [-0.39, 0.29) is 0 Å². The molecule has 0 amide bonds. The van der Waals surface area contributed by atoms with E-state index in [9.17, 15) is 0 Å². The topological polar surface area (TPSA) is 30.5 Å². The highest BCUT2D eigenvalue weighted by Crippen LogP contribution is 2.19. The highest BCUT2D eigenvalue weighted by atomic mass is 16.5. The third-order valence-electron chi connectivity index (χ3n) is 3.65. The van der Waals surface area contributed by atoms with Gasteiger partial charge in [-0.1, -0.05) is 30.3 Å². The summed E-state index contributed by atoms with van der Waals surface area (Å²) in [4.78, 5) is 0. The van der Waals surface area contributed by atoms with Crippen molar-refractivity contribution in [3.8, 4) is 11.5 Å². The Morgan fingerprint density at radius 1 is 0.952 bits per heavy atom. The number of nitrogens with one attached hydrogen (secondary N) is 1. The standard InChI is InChI=1S/C18H23NO2/c1-14(15-8-10-17(20-2)11-9-15)19-13-12-16-6-4-5-7-18(16)21-3/h4-11,14,19H,12-13H2,1-3H3. The molecule has 112 valence electrons. The molecule has 3 heteroatoms. The van der Waals surface area contributed by atoms with Crippen LogP contribution >= 0.6 is 0 Å². The fourth-order valence-electron chi connectivity index (χ4n) is 2.34. The molecule has 0 saturated heterocycles. The van der Waals surface area contributed by atoms with Gasteiger partial charge in [-0.2, -0.15) is 0 Å². The second-order valence-corrected chi connectivity index (χ2v) is 5.01. The average molecular weight is 285 g/mol. The van der Waals surface area contributed by atoms with Crippen LogP contribution < -0.4 is 14.8 Å². The Hall–Kier alpha value is -2.00. The predicted molar refractivity (Wildman–Crippen MR) is 86.1 cm³/mol. The lowest BCUT2D eigenvalue weighted by Crippen LogP contribution is -2.21. The van der Waals surface area contributed by atoms with Gasteiger partial charge in [-0.05, 0) is 49.2 Å². The van der Waals surface area contributed by atoms with Gasteiger partial charge >= 0.3 is 0 Å². The van der Waals surface area contributed by atoms with Crippen LogP contribution in [0.15, 0.2) is 48.5 Å². The second-order valence-electron chi connectivity index (χ2n) is 5.01. The Morgan fingerprint density at radius 3 is 2.33 bits per heavy atom. The summed E-state index contributed by atoms with van der Waals surface area (Å²) < 4.78 is 10.6. The van der Waals surface area contributed by atoms with E-state index < -0.39 is 0 Å². The zero-order chi connectivity index (χ0) is 15.1. The Morgan fingerprint density at radius 2 is 1.67 bits per heavy atom. The lowest BCUT2D eigenvalue weighted by Gasteiger charge is -2.15. The Kier molecular flexibility index (Phi) is 5.64. The van der Waals surface area contributed by atoms with Crippen LogP contribution in [-0.4, -0.2) is 20.8 Å². The van der Waals surface area contributed by atoms with Crippen LogP contribution in [0.5, 0.6) is 11.5 Å². The zero-order valence-corrected chi connectivity index (χ0v) is 12.9. The quantitative estimate of drug-likeness (QED) is 0.843. The summed E-state index contributed by atoms with van der Waals surface area (Å²) in [6, 6.07) is 16.6. The molecule has 0 aromatic heterocycles. The average Bonchev–Trinajstić information content (AvgIpc) is 2.55. The third kappa shape index (κ3) is 4.23. The van der Waals surface area contributed by atoms with Crippen LogP contribution in [0, 0.1) is 0 Å². The first-order chi connectivity index (χ1) is 10.2. The first-order valence-corrected chi connectivity index (χ1v) is 7.24. The van der Waals surface area contributed by atoms with E-state index in [1.165, 1.54) is 11.1 Å². The SMILES string of the molecule is COc1ccc(C(C)NCCc2ccccc2OC)cc1. The minimum Gasteiger partial charge on any atom is -0.497 e. The molecule has 2 aromatic rings. The van der Waals surface area contributed by atoms with E-state index in [1.54, 1.807) is 14.2 Å². The van der Waals surface area contributed by atoms with Crippen molar-refractivity contribution >= 4 is 0 Å². The molecule has 0 fully saturated rings. The smallest absolute Gasteiger partial charge is 0.122 e. The van der Waals surface area contributed by atoms with E-state index in [0.717, 1.165) is 24.5 Å². The second kappa shape index (κ2) is 7.70. The van der Waals surface area contributed by atoms with E-state index in [0.29, 0.717) is 6.04 Å². The summed E-state index contributed by atoms with van der Waals surface area (Å²) in [6.45, 7) is 3.08. The maximum absolute atomic E-state index is 5.37. The Labute approximate surface area is 126 Å². The fraction of sp³-hybridized carbons (Fsp3) is 0.333. The van der Waals surface area contributed by atoms with Crippen molar-refractivity contribution in [2.24, 2.45) is 0 Å². The molecular weight excluding hydrogens is 262 g/mol. The molecule has 0 aliphatic carbocycles. The summed E-state index contributed by atoms with van der Waals surface area (Å²) in [5, 5.41) is 3.54. The summed E-state index contributed by atoms with van der Waals surface area (Å²) in [6.07, 6.45) is 0.949. The first kappa shape index (κ1) is 15.4. The molecular formula is C18H23NO2. The van der Waals surface area contributed by atoms with Gasteiger partial charge in [0.1, 0.15) is 11.5 Å². The van der Waals surface area contributed by atoms with Crippen LogP contribution in [-0.2, 0) is 6.42 Å². The zero-order valence-electron chi connectivity index (χ0n) is 12.9. The number of rotatable bonds is 7. The monoisotopic (exact) mass is 285 g/mol. The molecule has 0 radical (unpaired) electrons. The molecule has 0 heterocycles. The maximum atomic E-state index is 5.37. The van der Waals surface area contributed by atoms with Crippen molar-refractivity contribution in [1.29, 1.82) is 0 Å². The molecule has 0 bridgehead atoms. The predicted octanol–water partition coefficient (Wildman–Crippen LogP) is 3.60. The number of benzene rings is 2. The van der Waals surface area contributed by atoms with Crippen LogP contribution in [0.2, 0.25) is 0 Å². The maximum Gasteiger partial charge on any atom is 0.122 e. The lowest BCUT2D eigenvalue weighted by molar-refractivity contribution is 0.408. The molecule has 2 rings (SSSR count). The number of ether oxygens (including phenoxy) is 2. The lowest BCUT2D eigenvalue weighted by atomic mass is 10.1. The van der Waals surface area contributed by atoms with Crippen molar-refractivity contribution < 1.29 is 9.47 Å². The van der Waals surface area contributed by atoms with Crippen molar-refractivity contribution in [3.63, 3.8) is 0 Å². The molecule has 3 nitrogen and oxygen atoms in total. The molecule has 2 aromatic carbocycles. The Balaban J connectivity index is 1.87. The van der Waals surface area contributed by atoms with E-state index >= 15 is 0 Å². The molecule has 1 unspecified atom stereocenters. The van der Waals surface area contributed by atoms with Crippen LogP contribution in [0.3, 0.4) is 0 Å². The Bertz CT molecular complexity index is 551. The van der Waals surface area contributed by atoms with Crippen molar-refractivity contribution in [2.75, 3.05) is 20.8 Å². The van der Waals surface area contributed by atoms with Gasteiger partial charge in [-0.3, -0.25) is 0 Å². The minimum absolute atomic E-state index is 0.311. The van der Waals surface area contributed by atoms with Gasteiger partial charge in [0, 0.05) is 6.04 Å². The van der Waals surface area contributed by atoms with Crippen LogP contribution in [0.4, 0.5) is 0 Å². The van der Waals surface area contributed by atoms with Gasteiger partial charge in [-0.15, -0.1) is 0 Å². The molecule has 0 spiro atoms. The van der Waals surface area contributed by atoms with Crippen molar-refractivity contribution in [2.45, 2.75) is 19.4 Å². The van der Waals surface area contributed by atoms with Gasteiger partial charge in [0.2, 0.25) is 0 Å². The first-order valence-electron chi connectivity index (χ1n) is 7.24. The highest BCUT2D eigenvalue weighted by molar-refractivity contribution is 5.33. The van der Waals surface area contributed by atoms with E-state index in [2.05, 4.69) is 30.4 Å². The van der Waals surface area contributed by atoms with Gasteiger partial charge in [0.05, 0.1) is 14.2 Å². The molecule has 1 N–H and O–H groups in total. The number of hydrogen-bond acceptors (Lipinski definition) is 3. The van der Waals surface area contributed by atoms with Gasteiger partial charge in [0.15, 0.2) is 0 Å². The normalized spacial score (nSPS) is 12.0. The minimum atomic E-state index is 0.311. The summed E-state index contributed by atoms with van der Waals surface area (Å²) in [5.41, 5.74) is 2.49. The molecule has 21 heavy (non-hydrogen) atoms. The van der Waals surface area contributed by atoms with Crippen molar-refractivity contribution in [1.82, 2.24) is 5.32 Å². The highest BCUT2D eigenvalue weighted by Gasteiger charge is 2.06. The third-order valence-corrected chi connectivity index (χ3v) is 3.65. The van der Waals surface area contributed by atoms with Gasteiger partial charge in [0.25, 0.3) is 0 Å². The summed E-state index contributed by atoms with van der Waals surface area (Å²) >= 11 is 0. The molecule has 0 aliphatic heterocycles. The van der Waals surface area contributed by atoms with E-state index in [4.69, 9.17) is 9.47 Å². The van der Waals surface area contributed by atoms with Crippen molar-refractivity contribution in [3.05, 3.63) is 59.7 Å². The van der Waals surface area contributed by atoms with Crippen LogP contribution in [0.25, 0.3) is 0 Å². The van der Waals surface area contributed by atoms with Gasteiger partial charge < -0.3 is 14.8 Å². The molecule has 1 atom stereocenters. The molecule has 0 aliphatic rings. The number of hydrogen-bond donors (Lipinski definition) is 1. The van der Waals surface area contributed by atoms with E-state index in [1.807, 2.05) is 30.3 Å².